The summed E-state index contributed by atoms with van der Waals surface area (Å²) in [5.74, 6) is -0.0979. The maximum absolute atomic E-state index is 12.2. The van der Waals surface area contributed by atoms with Gasteiger partial charge in [0.25, 0.3) is 0 Å². The van der Waals surface area contributed by atoms with Gasteiger partial charge in [-0.05, 0) is 25.0 Å². The van der Waals surface area contributed by atoms with Gasteiger partial charge in [-0.15, -0.1) is 0 Å². The Labute approximate surface area is 125 Å². The zero-order chi connectivity index (χ0) is 15.3. The molecule has 0 saturated carbocycles. The first-order valence-electron chi connectivity index (χ1n) is 7.06. The largest absolute Gasteiger partial charge is 0.394 e. The third-order valence-electron chi connectivity index (χ3n) is 3.63. The maximum atomic E-state index is 12.2. The molecule has 0 radical (unpaired) electrons. The van der Waals surface area contributed by atoms with Crippen LogP contribution in [0.5, 0.6) is 0 Å². The zero-order valence-electron chi connectivity index (χ0n) is 12.5. The summed E-state index contributed by atoms with van der Waals surface area (Å²) < 4.78 is 0. The average Bonchev–Trinajstić information content (AvgIpc) is 2.50. The van der Waals surface area contributed by atoms with Gasteiger partial charge in [0.1, 0.15) is 0 Å². The molecule has 0 aliphatic carbocycles. The van der Waals surface area contributed by atoms with Crippen LogP contribution >= 0.6 is 0 Å². The predicted octanol–water partition coefficient (Wildman–Crippen LogP) is 2.56. The van der Waals surface area contributed by atoms with Gasteiger partial charge in [0.2, 0.25) is 5.91 Å². The Balaban J connectivity index is 2.08. The highest BCUT2D eigenvalue weighted by Crippen LogP contribution is 2.20. The Morgan fingerprint density at radius 3 is 2.29 bits per heavy atom. The number of hydrogen-bond donors (Lipinski definition) is 2. The average molecular weight is 283 g/mol. The van der Waals surface area contributed by atoms with Crippen LogP contribution in [0.2, 0.25) is 0 Å². The number of benzene rings is 2. The first-order valence-corrected chi connectivity index (χ1v) is 7.06. The topological polar surface area (TPSA) is 49.3 Å². The standard InChI is InChI=1S/C18H21NO2/c1-14-8-10-15(11-9-14)12-17(21)19-18(2,13-20)16-6-4-3-5-7-16/h3-11,20H,12-13H2,1-2H3,(H,19,21). The first-order chi connectivity index (χ1) is 10.0. The number of amides is 1. The Morgan fingerprint density at radius 2 is 1.71 bits per heavy atom. The third-order valence-corrected chi connectivity index (χ3v) is 3.63. The molecule has 3 heteroatoms. The van der Waals surface area contributed by atoms with Crippen molar-refractivity contribution in [3.05, 3.63) is 71.3 Å². The number of carbonyl (C=O) groups is 1. The second kappa shape index (κ2) is 6.55. The molecule has 1 amide bonds. The fourth-order valence-electron chi connectivity index (χ4n) is 2.25. The van der Waals surface area contributed by atoms with Crippen LogP contribution in [0.25, 0.3) is 0 Å². The number of nitrogens with one attached hydrogen (secondary N) is 1. The van der Waals surface area contributed by atoms with E-state index in [1.807, 2.05) is 68.4 Å². The quantitative estimate of drug-likeness (QED) is 0.886. The van der Waals surface area contributed by atoms with E-state index in [9.17, 15) is 9.90 Å². The molecule has 0 aliphatic rings. The Hall–Kier alpha value is -2.13. The molecule has 21 heavy (non-hydrogen) atoms. The lowest BCUT2D eigenvalue weighted by Gasteiger charge is -2.29. The summed E-state index contributed by atoms with van der Waals surface area (Å²) in [5, 5.41) is 12.6. The van der Waals surface area contributed by atoms with E-state index >= 15 is 0 Å². The minimum absolute atomic E-state index is 0.0979. The van der Waals surface area contributed by atoms with Gasteiger partial charge >= 0.3 is 0 Å². The van der Waals surface area contributed by atoms with Crippen LogP contribution in [-0.2, 0) is 16.8 Å². The summed E-state index contributed by atoms with van der Waals surface area (Å²) in [7, 11) is 0. The van der Waals surface area contributed by atoms with Gasteiger partial charge in [0.15, 0.2) is 0 Å². The molecule has 3 nitrogen and oxygen atoms in total. The van der Waals surface area contributed by atoms with Crippen molar-refractivity contribution < 1.29 is 9.90 Å². The number of hydrogen-bond acceptors (Lipinski definition) is 2. The molecule has 0 bridgehead atoms. The van der Waals surface area contributed by atoms with Crippen molar-refractivity contribution in [2.75, 3.05) is 6.61 Å². The van der Waals surface area contributed by atoms with Gasteiger partial charge in [-0.3, -0.25) is 4.79 Å². The summed E-state index contributed by atoms with van der Waals surface area (Å²) in [5.41, 5.74) is 2.27. The molecular weight excluding hydrogens is 262 g/mol. The fraction of sp³-hybridized carbons (Fsp3) is 0.278. The molecule has 1 unspecified atom stereocenters. The van der Waals surface area contributed by atoms with E-state index in [1.54, 1.807) is 0 Å². The van der Waals surface area contributed by atoms with E-state index in [2.05, 4.69) is 5.32 Å². The van der Waals surface area contributed by atoms with Crippen molar-refractivity contribution in [2.45, 2.75) is 25.8 Å². The van der Waals surface area contributed by atoms with E-state index in [-0.39, 0.29) is 12.5 Å². The molecule has 0 aliphatic heterocycles. The number of rotatable bonds is 5. The lowest BCUT2D eigenvalue weighted by atomic mass is 9.92. The van der Waals surface area contributed by atoms with Crippen LogP contribution in [-0.4, -0.2) is 17.6 Å². The van der Waals surface area contributed by atoms with E-state index in [1.165, 1.54) is 5.56 Å². The van der Waals surface area contributed by atoms with Crippen LogP contribution in [0, 0.1) is 6.92 Å². The van der Waals surface area contributed by atoms with Crippen molar-refractivity contribution in [1.82, 2.24) is 5.32 Å². The Morgan fingerprint density at radius 1 is 1.10 bits per heavy atom. The van der Waals surface area contributed by atoms with Crippen LogP contribution in [0.15, 0.2) is 54.6 Å². The predicted molar refractivity (Wildman–Crippen MR) is 83.9 cm³/mol. The second-order valence-corrected chi connectivity index (χ2v) is 5.57. The van der Waals surface area contributed by atoms with Crippen molar-refractivity contribution in [3.8, 4) is 0 Å². The smallest absolute Gasteiger partial charge is 0.225 e. The number of aryl methyl sites for hydroxylation is 1. The molecule has 2 aromatic carbocycles. The Kier molecular flexibility index (Phi) is 4.76. The number of aliphatic hydroxyl groups is 1. The summed E-state index contributed by atoms with van der Waals surface area (Å²) >= 11 is 0. The third kappa shape index (κ3) is 3.92. The van der Waals surface area contributed by atoms with E-state index in [0.717, 1.165) is 11.1 Å². The minimum atomic E-state index is -0.761. The zero-order valence-corrected chi connectivity index (χ0v) is 12.5. The molecule has 2 N–H and O–H groups in total. The van der Waals surface area contributed by atoms with Gasteiger partial charge < -0.3 is 10.4 Å². The highest BCUT2D eigenvalue weighted by molar-refractivity contribution is 5.79. The second-order valence-electron chi connectivity index (χ2n) is 5.57. The SMILES string of the molecule is Cc1ccc(CC(=O)NC(C)(CO)c2ccccc2)cc1. The molecule has 0 fully saturated rings. The molecule has 2 aromatic rings. The fourth-order valence-corrected chi connectivity index (χ4v) is 2.25. The van der Waals surface area contributed by atoms with E-state index < -0.39 is 5.54 Å². The molecule has 2 rings (SSSR count). The minimum Gasteiger partial charge on any atom is -0.394 e. The van der Waals surface area contributed by atoms with Gasteiger partial charge in [-0.25, -0.2) is 0 Å². The maximum Gasteiger partial charge on any atom is 0.225 e. The van der Waals surface area contributed by atoms with Crippen LogP contribution in [0.3, 0.4) is 0 Å². The van der Waals surface area contributed by atoms with Crippen molar-refractivity contribution in [2.24, 2.45) is 0 Å². The van der Waals surface area contributed by atoms with Gasteiger partial charge in [0.05, 0.1) is 18.6 Å². The van der Waals surface area contributed by atoms with Crippen LogP contribution in [0.1, 0.15) is 23.6 Å². The molecule has 1 atom stereocenters. The van der Waals surface area contributed by atoms with Crippen molar-refractivity contribution >= 4 is 5.91 Å². The first kappa shape index (κ1) is 15.3. The van der Waals surface area contributed by atoms with Crippen LogP contribution < -0.4 is 5.32 Å². The lowest BCUT2D eigenvalue weighted by molar-refractivity contribution is -0.122. The number of carbonyl (C=O) groups excluding carboxylic acids is 1. The molecule has 0 spiro atoms. The Bertz CT molecular complexity index is 592. The summed E-state index contributed by atoms with van der Waals surface area (Å²) in [6, 6.07) is 17.4. The van der Waals surface area contributed by atoms with Gasteiger partial charge in [-0.2, -0.15) is 0 Å². The highest BCUT2D eigenvalue weighted by atomic mass is 16.3. The normalized spacial score (nSPS) is 13.5. The van der Waals surface area contributed by atoms with E-state index in [4.69, 9.17) is 0 Å². The molecular formula is C18H21NO2. The van der Waals surface area contributed by atoms with Gasteiger partial charge in [-0.1, -0.05) is 60.2 Å². The van der Waals surface area contributed by atoms with Gasteiger partial charge in [0, 0.05) is 0 Å². The lowest BCUT2D eigenvalue weighted by Crippen LogP contribution is -2.46. The molecule has 0 heterocycles. The molecule has 0 saturated heterocycles. The summed E-state index contributed by atoms with van der Waals surface area (Å²) in [6.45, 7) is 3.70. The number of aliphatic hydroxyl groups excluding tert-OH is 1. The molecule has 110 valence electrons. The summed E-state index contributed by atoms with van der Waals surface area (Å²) in [6.07, 6.45) is 0.308. The summed E-state index contributed by atoms with van der Waals surface area (Å²) in [4.78, 5) is 12.2. The highest BCUT2D eigenvalue weighted by Gasteiger charge is 2.27. The monoisotopic (exact) mass is 283 g/mol. The van der Waals surface area contributed by atoms with Crippen molar-refractivity contribution in [1.29, 1.82) is 0 Å². The molecule has 0 aromatic heterocycles. The van der Waals surface area contributed by atoms with Crippen LogP contribution in [0.4, 0.5) is 0 Å². The van der Waals surface area contributed by atoms with Crippen molar-refractivity contribution in [3.63, 3.8) is 0 Å². The van der Waals surface area contributed by atoms with E-state index in [0.29, 0.717) is 6.42 Å².